The first-order valence-electron chi connectivity index (χ1n) is 6.77. The zero-order valence-electron chi connectivity index (χ0n) is 11.5. The van der Waals surface area contributed by atoms with Gasteiger partial charge in [0.15, 0.2) is 0 Å². The smallest absolute Gasteiger partial charge is 0.220 e. The summed E-state index contributed by atoms with van der Waals surface area (Å²) in [6.07, 6.45) is 1.12. The molecule has 0 aliphatic heterocycles. The summed E-state index contributed by atoms with van der Waals surface area (Å²) in [5.41, 5.74) is 2.15. The summed E-state index contributed by atoms with van der Waals surface area (Å²) in [4.78, 5) is 11.9. The number of aromatic hydroxyl groups is 1. The molecule has 0 aromatic heterocycles. The molecule has 0 heterocycles. The first-order chi connectivity index (χ1) is 9.65. The van der Waals surface area contributed by atoms with Gasteiger partial charge in [-0.15, -0.1) is 0 Å². The molecule has 0 aliphatic carbocycles. The normalized spacial score (nSPS) is 11.8. The molecule has 1 amide bonds. The summed E-state index contributed by atoms with van der Waals surface area (Å²) in [6, 6.07) is 16.9. The van der Waals surface area contributed by atoms with Gasteiger partial charge in [-0.25, -0.2) is 0 Å². The van der Waals surface area contributed by atoms with E-state index in [1.807, 2.05) is 49.4 Å². The van der Waals surface area contributed by atoms with E-state index in [2.05, 4.69) is 5.32 Å². The topological polar surface area (TPSA) is 49.3 Å². The largest absolute Gasteiger partial charge is 0.508 e. The molecule has 1 unspecified atom stereocenters. The maximum absolute atomic E-state index is 11.9. The van der Waals surface area contributed by atoms with Gasteiger partial charge in [0.2, 0.25) is 5.91 Å². The highest BCUT2D eigenvalue weighted by atomic mass is 16.3. The van der Waals surface area contributed by atoms with E-state index < -0.39 is 0 Å². The molecule has 0 saturated heterocycles. The van der Waals surface area contributed by atoms with E-state index in [4.69, 9.17) is 0 Å². The fourth-order valence-electron chi connectivity index (χ4n) is 2.06. The third-order valence-corrected chi connectivity index (χ3v) is 3.25. The summed E-state index contributed by atoms with van der Waals surface area (Å²) < 4.78 is 0. The number of nitrogens with one attached hydrogen (secondary N) is 1. The SMILES string of the molecule is CC(NC(=O)CCc1ccc(O)cc1)c1ccccc1. The Balaban J connectivity index is 1.82. The molecule has 0 bridgehead atoms. The van der Waals surface area contributed by atoms with E-state index in [9.17, 15) is 9.90 Å². The maximum atomic E-state index is 11.9. The van der Waals surface area contributed by atoms with Crippen LogP contribution in [0.5, 0.6) is 5.75 Å². The van der Waals surface area contributed by atoms with Gasteiger partial charge in [-0.05, 0) is 36.6 Å². The second-order valence-corrected chi connectivity index (χ2v) is 4.87. The van der Waals surface area contributed by atoms with Gasteiger partial charge >= 0.3 is 0 Å². The van der Waals surface area contributed by atoms with E-state index in [1.165, 1.54) is 0 Å². The lowest BCUT2D eigenvalue weighted by Crippen LogP contribution is -2.26. The predicted octanol–water partition coefficient (Wildman–Crippen LogP) is 3.20. The van der Waals surface area contributed by atoms with Crippen LogP contribution in [-0.2, 0) is 11.2 Å². The Bertz CT molecular complexity index is 549. The van der Waals surface area contributed by atoms with Crippen molar-refractivity contribution in [2.45, 2.75) is 25.8 Å². The quantitative estimate of drug-likeness (QED) is 0.875. The Morgan fingerprint density at radius 2 is 1.75 bits per heavy atom. The first kappa shape index (κ1) is 14.1. The van der Waals surface area contributed by atoms with Crippen LogP contribution in [0.4, 0.5) is 0 Å². The Hall–Kier alpha value is -2.29. The molecule has 0 spiro atoms. The number of carbonyl (C=O) groups excluding carboxylic acids is 1. The summed E-state index contributed by atoms with van der Waals surface area (Å²) in [5.74, 6) is 0.283. The third kappa shape index (κ3) is 4.12. The van der Waals surface area contributed by atoms with Crippen LogP contribution in [0.25, 0.3) is 0 Å². The number of hydrogen-bond donors (Lipinski definition) is 2. The summed E-state index contributed by atoms with van der Waals surface area (Å²) in [6.45, 7) is 1.98. The van der Waals surface area contributed by atoms with E-state index >= 15 is 0 Å². The minimum Gasteiger partial charge on any atom is -0.508 e. The number of amides is 1. The van der Waals surface area contributed by atoms with Gasteiger partial charge in [-0.1, -0.05) is 42.5 Å². The lowest BCUT2D eigenvalue weighted by Gasteiger charge is -2.14. The zero-order chi connectivity index (χ0) is 14.4. The van der Waals surface area contributed by atoms with Crippen LogP contribution in [0.15, 0.2) is 54.6 Å². The van der Waals surface area contributed by atoms with Crippen LogP contribution >= 0.6 is 0 Å². The zero-order valence-corrected chi connectivity index (χ0v) is 11.5. The van der Waals surface area contributed by atoms with Crippen molar-refractivity contribution in [3.05, 3.63) is 65.7 Å². The number of carbonyl (C=O) groups is 1. The highest BCUT2D eigenvalue weighted by molar-refractivity contribution is 5.76. The minimum atomic E-state index is 0.0171. The fourth-order valence-corrected chi connectivity index (χ4v) is 2.06. The first-order valence-corrected chi connectivity index (χ1v) is 6.77. The van der Waals surface area contributed by atoms with Crippen molar-refractivity contribution in [2.24, 2.45) is 0 Å². The maximum Gasteiger partial charge on any atom is 0.220 e. The standard InChI is InChI=1S/C17H19NO2/c1-13(15-5-3-2-4-6-15)18-17(20)12-9-14-7-10-16(19)11-8-14/h2-8,10-11,13,19H,9,12H2,1H3,(H,18,20). The summed E-state index contributed by atoms with van der Waals surface area (Å²) >= 11 is 0. The van der Waals surface area contributed by atoms with E-state index in [0.717, 1.165) is 11.1 Å². The molecule has 0 fully saturated rings. The van der Waals surface area contributed by atoms with Gasteiger partial charge in [0.25, 0.3) is 0 Å². The molecular weight excluding hydrogens is 250 g/mol. The number of phenolic OH excluding ortho intramolecular Hbond substituents is 1. The fraction of sp³-hybridized carbons (Fsp3) is 0.235. The van der Waals surface area contributed by atoms with Gasteiger partial charge in [-0.2, -0.15) is 0 Å². The molecule has 2 aromatic carbocycles. The summed E-state index contributed by atoms with van der Waals surface area (Å²) in [5, 5.41) is 12.2. The van der Waals surface area contributed by atoms with Crippen LogP contribution in [0, 0.1) is 0 Å². The van der Waals surface area contributed by atoms with Crippen molar-refractivity contribution in [1.82, 2.24) is 5.32 Å². The van der Waals surface area contributed by atoms with Gasteiger partial charge in [0.1, 0.15) is 5.75 Å². The van der Waals surface area contributed by atoms with Crippen molar-refractivity contribution in [2.75, 3.05) is 0 Å². The number of phenols is 1. The molecule has 2 rings (SSSR count). The lowest BCUT2D eigenvalue weighted by molar-refractivity contribution is -0.121. The van der Waals surface area contributed by atoms with Crippen molar-refractivity contribution in [3.8, 4) is 5.75 Å². The van der Waals surface area contributed by atoms with Crippen LogP contribution < -0.4 is 5.32 Å². The predicted molar refractivity (Wildman–Crippen MR) is 79.4 cm³/mol. The molecule has 3 heteroatoms. The molecule has 104 valence electrons. The van der Waals surface area contributed by atoms with Gasteiger partial charge in [0.05, 0.1) is 6.04 Å². The average Bonchev–Trinajstić information content (AvgIpc) is 2.47. The Morgan fingerprint density at radius 3 is 2.40 bits per heavy atom. The van der Waals surface area contributed by atoms with Crippen molar-refractivity contribution in [1.29, 1.82) is 0 Å². The molecule has 3 nitrogen and oxygen atoms in total. The van der Waals surface area contributed by atoms with Gasteiger partial charge < -0.3 is 10.4 Å². The van der Waals surface area contributed by atoms with Crippen molar-refractivity contribution < 1.29 is 9.90 Å². The van der Waals surface area contributed by atoms with Crippen LogP contribution in [0.1, 0.15) is 30.5 Å². The minimum absolute atomic E-state index is 0.0171. The molecule has 0 saturated carbocycles. The van der Waals surface area contributed by atoms with Gasteiger partial charge in [0, 0.05) is 6.42 Å². The Labute approximate surface area is 119 Å². The number of rotatable bonds is 5. The molecule has 2 N–H and O–H groups in total. The molecular formula is C17H19NO2. The van der Waals surface area contributed by atoms with E-state index in [-0.39, 0.29) is 17.7 Å². The van der Waals surface area contributed by atoms with Crippen LogP contribution in [-0.4, -0.2) is 11.0 Å². The molecule has 20 heavy (non-hydrogen) atoms. The highest BCUT2D eigenvalue weighted by Crippen LogP contribution is 2.13. The molecule has 0 radical (unpaired) electrons. The molecule has 1 atom stereocenters. The number of aryl methyl sites for hydroxylation is 1. The second-order valence-electron chi connectivity index (χ2n) is 4.87. The highest BCUT2D eigenvalue weighted by Gasteiger charge is 2.09. The monoisotopic (exact) mass is 269 g/mol. The summed E-state index contributed by atoms with van der Waals surface area (Å²) in [7, 11) is 0. The van der Waals surface area contributed by atoms with Crippen molar-refractivity contribution >= 4 is 5.91 Å². The second kappa shape index (κ2) is 6.75. The van der Waals surface area contributed by atoms with Crippen LogP contribution in [0.2, 0.25) is 0 Å². The number of hydrogen-bond acceptors (Lipinski definition) is 2. The van der Waals surface area contributed by atoms with Gasteiger partial charge in [-0.3, -0.25) is 4.79 Å². The van der Waals surface area contributed by atoms with E-state index in [0.29, 0.717) is 12.8 Å². The van der Waals surface area contributed by atoms with Crippen LogP contribution in [0.3, 0.4) is 0 Å². The lowest BCUT2D eigenvalue weighted by atomic mass is 10.1. The third-order valence-electron chi connectivity index (χ3n) is 3.25. The Kier molecular flexibility index (Phi) is 4.77. The van der Waals surface area contributed by atoms with E-state index in [1.54, 1.807) is 12.1 Å². The van der Waals surface area contributed by atoms with Crippen molar-refractivity contribution in [3.63, 3.8) is 0 Å². The average molecular weight is 269 g/mol. The Morgan fingerprint density at radius 1 is 1.10 bits per heavy atom. The number of benzene rings is 2. The molecule has 2 aromatic rings. The molecule has 0 aliphatic rings.